The standard InChI is InChI=1S/C13H25NO2/c1-14-13(10-6-7-10)9-16-12-5-3-4-11(8-12)15-2/h10-14H,3-9H2,1-2H3. The van der Waals surface area contributed by atoms with Crippen molar-refractivity contribution in [3.8, 4) is 0 Å². The first-order chi connectivity index (χ1) is 7.83. The molecular weight excluding hydrogens is 202 g/mol. The largest absolute Gasteiger partial charge is 0.381 e. The summed E-state index contributed by atoms with van der Waals surface area (Å²) in [5.41, 5.74) is 0. The molecule has 3 heteroatoms. The van der Waals surface area contributed by atoms with Crippen LogP contribution in [0.5, 0.6) is 0 Å². The maximum atomic E-state index is 6.03. The molecule has 0 bridgehead atoms. The van der Waals surface area contributed by atoms with Crippen LogP contribution < -0.4 is 5.32 Å². The monoisotopic (exact) mass is 227 g/mol. The van der Waals surface area contributed by atoms with Crippen LogP contribution in [0.25, 0.3) is 0 Å². The average molecular weight is 227 g/mol. The Kier molecular flexibility index (Phi) is 4.62. The summed E-state index contributed by atoms with van der Waals surface area (Å²) in [4.78, 5) is 0. The smallest absolute Gasteiger partial charge is 0.0626 e. The SMILES string of the molecule is CNC(COC1CCCC(OC)C1)C1CC1. The lowest BCUT2D eigenvalue weighted by atomic mass is 9.95. The van der Waals surface area contributed by atoms with Gasteiger partial charge in [-0.2, -0.15) is 0 Å². The molecule has 0 spiro atoms. The average Bonchev–Trinajstić information content (AvgIpc) is 3.15. The van der Waals surface area contributed by atoms with Crippen LogP contribution in [0.4, 0.5) is 0 Å². The van der Waals surface area contributed by atoms with E-state index in [1.54, 1.807) is 0 Å². The summed E-state index contributed by atoms with van der Waals surface area (Å²) in [6.45, 7) is 0.877. The second-order valence-electron chi connectivity index (χ2n) is 5.21. The third kappa shape index (κ3) is 3.44. The first kappa shape index (κ1) is 12.3. The first-order valence-electron chi connectivity index (χ1n) is 6.65. The van der Waals surface area contributed by atoms with Crippen molar-refractivity contribution >= 4 is 0 Å². The van der Waals surface area contributed by atoms with Crippen molar-refractivity contribution in [3.63, 3.8) is 0 Å². The minimum absolute atomic E-state index is 0.424. The summed E-state index contributed by atoms with van der Waals surface area (Å²) < 4.78 is 11.4. The lowest BCUT2D eigenvalue weighted by Gasteiger charge is -2.29. The van der Waals surface area contributed by atoms with E-state index in [1.807, 2.05) is 14.2 Å². The van der Waals surface area contributed by atoms with Crippen LogP contribution in [-0.4, -0.2) is 39.0 Å². The molecule has 0 aromatic heterocycles. The summed E-state index contributed by atoms with van der Waals surface area (Å²) in [5, 5.41) is 3.37. The Hall–Kier alpha value is -0.120. The normalized spacial score (nSPS) is 32.6. The lowest BCUT2D eigenvalue weighted by Crippen LogP contribution is -2.36. The molecule has 3 atom stereocenters. The molecule has 0 saturated heterocycles. The molecule has 0 aromatic rings. The zero-order chi connectivity index (χ0) is 11.4. The number of ether oxygens (including phenoxy) is 2. The number of hydrogen-bond donors (Lipinski definition) is 1. The maximum Gasteiger partial charge on any atom is 0.0626 e. The van der Waals surface area contributed by atoms with E-state index in [4.69, 9.17) is 9.47 Å². The second-order valence-corrected chi connectivity index (χ2v) is 5.21. The summed E-state index contributed by atoms with van der Waals surface area (Å²) in [5.74, 6) is 0.867. The van der Waals surface area contributed by atoms with Gasteiger partial charge in [0.15, 0.2) is 0 Å². The van der Waals surface area contributed by atoms with Crippen LogP contribution in [-0.2, 0) is 9.47 Å². The minimum atomic E-state index is 0.424. The van der Waals surface area contributed by atoms with Crippen molar-refractivity contribution in [3.05, 3.63) is 0 Å². The quantitative estimate of drug-likeness (QED) is 0.752. The third-order valence-corrected chi connectivity index (χ3v) is 3.98. The Labute approximate surface area is 98.9 Å². The number of hydrogen-bond acceptors (Lipinski definition) is 3. The van der Waals surface area contributed by atoms with Gasteiger partial charge in [-0.05, 0) is 51.5 Å². The molecule has 0 aliphatic heterocycles. The van der Waals surface area contributed by atoms with Crippen molar-refractivity contribution < 1.29 is 9.47 Å². The van der Waals surface area contributed by atoms with Gasteiger partial charge < -0.3 is 14.8 Å². The predicted molar refractivity (Wildman–Crippen MR) is 64.6 cm³/mol. The highest BCUT2D eigenvalue weighted by atomic mass is 16.5. The van der Waals surface area contributed by atoms with E-state index < -0.39 is 0 Å². The van der Waals surface area contributed by atoms with Gasteiger partial charge in [-0.25, -0.2) is 0 Å². The van der Waals surface area contributed by atoms with Gasteiger partial charge in [0.1, 0.15) is 0 Å². The molecule has 2 saturated carbocycles. The Bertz CT molecular complexity index is 206. The highest BCUT2D eigenvalue weighted by Gasteiger charge is 2.31. The van der Waals surface area contributed by atoms with E-state index in [0.717, 1.165) is 18.9 Å². The van der Waals surface area contributed by atoms with Crippen molar-refractivity contribution in [1.82, 2.24) is 5.32 Å². The van der Waals surface area contributed by atoms with E-state index in [9.17, 15) is 0 Å². The summed E-state index contributed by atoms with van der Waals surface area (Å²) in [6.07, 6.45) is 8.34. The van der Waals surface area contributed by atoms with Gasteiger partial charge in [-0.15, -0.1) is 0 Å². The number of nitrogens with one attached hydrogen (secondary N) is 1. The maximum absolute atomic E-state index is 6.03. The molecule has 2 aliphatic carbocycles. The second kappa shape index (κ2) is 5.99. The Morgan fingerprint density at radius 2 is 1.94 bits per heavy atom. The Morgan fingerprint density at radius 1 is 1.19 bits per heavy atom. The van der Waals surface area contributed by atoms with Gasteiger partial charge in [-0.1, -0.05) is 0 Å². The lowest BCUT2D eigenvalue weighted by molar-refractivity contribution is -0.0364. The first-order valence-corrected chi connectivity index (χ1v) is 6.65. The molecule has 3 nitrogen and oxygen atoms in total. The molecule has 0 aromatic carbocycles. The minimum Gasteiger partial charge on any atom is -0.381 e. The van der Waals surface area contributed by atoms with Gasteiger partial charge in [-0.3, -0.25) is 0 Å². The van der Waals surface area contributed by atoms with Gasteiger partial charge in [0.25, 0.3) is 0 Å². The van der Waals surface area contributed by atoms with Gasteiger partial charge in [0.2, 0.25) is 0 Å². The molecule has 2 rings (SSSR count). The third-order valence-electron chi connectivity index (χ3n) is 3.98. The van der Waals surface area contributed by atoms with E-state index in [1.165, 1.54) is 32.1 Å². The Balaban J connectivity index is 1.67. The zero-order valence-electron chi connectivity index (χ0n) is 10.6. The highest BCUT2D eigenvalue weighted by molar-refractivity contribution is 4.86. The zero-order valence-corrected chi connectivity index (χ0v) is 10.6. The van der Waals surface area contributed by atoms with Crippen LogP contribution in [0.1, 0.15) is 38.5 Å². The molecular formula is C13H25NO2. The topological polar surface area (TPSA) is 30.5 Å². The van der Waals surface area contributed by atoms with Crippen LogP contribution in [0.2, 0.25) is 0 Å². The van der Waals surface area contributed by atoms with E-state index in [-0.39, 0.29) is 0 Å². The van der Waals surface area contributed by atoms with E-state index >= 15 is 0 Å². The van der Waals surface area contributed by atoms with Crippen molar-refractivity contribution in [1.29, 1.82) is 0 Å². The summed E-state index contributed by atoms with van der Waals surface area (Å²) >= 11 is 0. The molecule has 2 aliphatic rings. The van der Waals surface area contributed by atoms with Crippen LogP contribution in [0, 0.1) is 5.92 Å². The molecule has 0 amide bonds. The molecule has 2 fully saturated rings. The van der Waals surface area contributed by atoms with Crippen LogP contribution in [0.15, 0.2) is 0 Å². The summed E-state index contributed by atoms with van der Waals surface area (Å²) in [7, 11) is 3.86. The van der Waals surface area contributed by atoms with Gasteiger partial charge in [0, 0.05) is 13.2 Å². The molecule has 1 N–H and O–H groups in total. The molecule has 0 radical (unpaired) electrons. The Morgan fingerprint density at radius 3 is 2.56 bits per heavy atom. The summed E-state index contributed by atoms with van der Waals surface area (Å²) in [6, 6.07) is 0.572. The van der Waals surface area contributed by atoms with Gasteiger partial charge in [0.05, 0.1) is 18.8 Å². The highest BCUT2D eigenvalue weighted by Crippen LogP contribution is 2.33. The fraction of sp³-hybridized carbons (Fsp3) is 1.00. The molecule has 94 valence electrons. The number of likely N-dealkylation sites (N-methyl/N-ethyl adjacent to an activating group) is 1. The van der Waals surface area contributed by atoms with Crippen LogP contribution >= 0.6 is 0 Å². The fourth-order valence-corrected chi connectivity index (χ4v) is 2.66. The predicted octanol–water partition coefficient (Wildman–Crippen LogP) is 1.96. The van der Waals surface area contributed by atoms with Crippen molar-refractivity contribution in [2.75, 3.05) is 20.8 Å². The number of methoxy groups -OCH3 is 1. The molecule has 3 unspecified atom stereocenters. The van der Waals surface area contributed by atoms with Crippen molar-refractivity contribution in [2.45, 2.75) is 56.8 Å². The van der Waals surface area contributed by atoms with Crippen LogP contribution in [0.3, 0.4) is 0 Å². The molecule has 0 heterocycles. The fourth-order valence-electron chi connectivity index (χ4n) is 2.66. The van der Waals surface area contributed by atoms with Gasteiger partial charge >= 0.3 is 0 Å². The van der Waals surface area contributed by atoms with Crippen molar-refractivity contribution in [2.24, 2.45) is 5.92 Å². The van der Waals surface area contributed by atoms with E-state index in [0.29, 0.717) is 18.2 Å². The molecule has 16 heavy (non-hydrogen) atoms. The number of rotatable bonds is 6. The van der Waals surface area contributed by atoms with E-state index in [2.05, 4.69) is 5.32 Å².